The molecule has 4 rings (SSSR count). The number of nitrogens with zero attached hydrogens (tertiary/aromatic N) is 1. The standard InChI is InChI=1S/C26H27N3O3/c1-29(26(31)32-17-19-8-10-20(11-9-19)21-14-15-21)16-18-6-12-22(13-7-18)25(30)28-24-5-3-2-4-23(24)27/h2-13,21H,14-17,27H2,1H3,(H,28,30). The molecule has 6 heteroatoms. The second-order valence-electron chi connectivity index (χ2n) is 8.16. The van der Waals surface area contributed by atoms with E-state index < -0.39 is 6.09 Å². The van der Waals surface area contributed by atoms with Gasteiger partial charge in [-0.25, -0.2) is 4.79 Å². The Morgan fingerprint density at radius 2 is 1.62 bits per heavy atom. The maximum Gasteiger partial charge on any atom is 0.410 e. The number of hydrogen-bond acceptors (Lipinski definition) is 4. The Morgan fingerprint density at radius 3 is 2.28 bits per heavy atom. The molecule has 0 heterocycles. The fraction of sp³-hybridized carbons (Fsp3) is 0.231. The number of nitrogens with one attached hydrogen (secondary N) is 1. The summed E-state index contributed by atoms with van der Waals surface area (Å²) in [5, 5.41) is 2.80. The van der Waals surface area contributed by atoms with Crippen LogP contribution in [0.4, 0.5) is 16.2 Å². The van der Waals surface area contributed by atoms with Crippen molar-refractivity contribution in [3.8, 4) is 0 Å². The third kappa shape index (κ3) is 5.46. The largest absolute Gasteiger partial charge is 0.445 e. The van der Waals surface area contributed by atoms with Gasteiger partial charge < -0.3 is 20.7 Å². The predicted molar refractivity (Wildman–Crippen MR) is 125 cm³/mol. The van der Waals surface area contributed by atoms with E-state index in [1.54, 1.807) is 31.3 Å². The highest BCUT2D eigenvalue weighted by atomic mass is 16.6. The summed E-state index contributed by atoms with van der Waals surface area (Å²) < 4.78 is 5.43. The Hall–Kier alpha value is -3.80. The van der Waals surface area contributed by atoms with Crippen LogP contribution in [0, 0.1) is 0 Å². The summed E-state index contributed by atoms with van der Waals surface area (Å²) in [6.45, 7) is 0.628. The third-order valence-electron chi connectivity index (χ3n) is 5.55. The van der Waals surface area contributed by atoms with Crippen LogP contribution in [0.15, 0.2) is 72.8 Å². The highest BCUT2D eigenvalue weighted by molar-refractivity contribution is 6.05. The van der Waals surface area contributed by atoms with Crippen LogP contribution in [0.5, 0.6) is 0 Å². The van der Waals surface area contributed by atoms with Crippen LogP contribution < -0.4 is 11.1 Å². The number of anilines is 2. The van der Waals surface area contributed by atoms with E-state index in [9.17, 15) is 9.59 Å². The van der Waals surface area contributed by atoms with Gasteiger partial charge in [0.25, 0.3) is 5.91 Å². The average Bonchev–Trinajstić information content (AvgIpc) is 3.65. The lowest BCUT2D eigenvalue weighted by atomic mass is 10.1. The summed E-state index contributed by atoms with van der Waals surface area (Å²) in [5.41, 5.74) is 10.7. The summed E-state index contributed by atoms with van der Waals surface area (Å²) in [7, 11) is 1.69. The molecule has 0 saturated heterocycles. The zero-order valence-electron chi connectivity index (χ0n) is 18.1. The minimum Gasteiger partial charge on any atom is -0.445 e. The van der Waals surface area contributed by atoms with Crippen molar-refractivity contribution < 1.29 is 14.3 Å². The van der Waals surface area contributed by atoms with Crippen LogP contribution in [0.2, 0.25) is 0 Å². The number of carbonyl (C=O) groups excluding carboxylic acids is 2. The quantitative estimate of drug-likeness (QED) is 0.508. The number of nitrogen functional groups attached to an aromatic ring is 1. The number of nitrogens with two attached hydrogens (primary N) is 1. The van der Waals surface area contributed by atoms with E-state index in [2.05, 4.69) is 17.4 Å². The van der Waals surface area contributed by atoms with Gasteiger partial charge in [0, 0.05) is 19.2 Å². The molecule has 0 unspecified atom stereocenters. The molecule has 0 aromatic heterocycles. The number of benzene rings is 3. The Bertz CT molecular complexity index is 1090. The number of hydrogen-bond donors (Lipinski definition) is 2. The molecular weight excluding hydrogens is 402 g/mol. The fourth-order valence-corrected chi connectivity index (χ4v) is 3.46. The first-order valence-electron chi connectivity index (χ1n) is 10.7. The molecule has 0 spiro atoms. The van der Waals surface area contributed by atoms with Crippen molar-refractivity contribution in [2.24, 2.45) is 0 Å². The lowest BCUT2D eigenvalue weighted by Gasteiger charge is -2.17. The number of para-hydroxylation sites is 2. The molecule has 2 amide bonds. The zero-order chi connectivity index (χ0) is 22.5. The summed E-state index contributed by atoms with van der Waals surface area (Å²) >= 11 is 0. The second-order valence-corrected chi connectivity index (χ2v) is 8.16. The highest BCUT2D eigenvalue weighted by Crippen LogP contribution is 2.39. The molecule has 0 aliphatic heterocycles. The van der Waals surface area contributed by atoms with E-state index in [-0.39, 0.29) is 12.5 Å². The molecule has 1 aliphatic rings. The van der Waals surface area contributed by atoms with Crippen molar-refractivity contribution >= 4 is 23.4 Å². The predicted octanol–water partition coefficient (Wildman–Crippen LogP) is 5.17. The van der Waals surface area contributed by atoms with Crippen LogP contribution in [0.25, 0.3) is 0 Å². The van der Waals surface area contributed by atoms with Crippen molar-refractivity contribution in [3.05, 3.63) is 95.1 Å². The minimum atomic E-state index is -0.391. The lowest BCUT2D eigenvalue weighted by Crippen LogP contribution is -2.26. The van der Waals surface area contributed by atoms with E-state index in [1.807, 2.05) is 36.4 Å². The van der Waals surface area contributed by atoms with E-state index in [1.165, 1.54) is 23.3 Å². The maximum absolute atomic E-state index is 12.4. The molecule has 1 saturated carbocycles. The zero-order valence-corrected chi connectivity index (χ0v) is 18.1. The van der Waals surface area contributed by atoms with Crippen molar-refractivity contribution in [2.75, 3.05) is 18.1 Å². The highest BCUT2D eigenvalue weighted by Gasteiger charge is 2.23. The van der Waals surface area contributed by atoms with Crippen LogP contribution in [-0.4, -0.2) is 23.9 Å². The van der Waals surface area contributed by atoms with Crippen LogP contribution in [-0.2, 0) is 17.9 Å². The Labute approximate surface area is 188 Å². The molecule has 6 nitrogen and oxygen atoms in total. The van der Waals surface area contributed by atoms with Gasteiger partial charge in [-0.2, -0.15) is 0 Å². The molecule has 0 radical (unpaired) electrons. The first kappa shape index (κ1) is 21.4. The first-order valence-corrected chi connectivity index (χ1v) is 10.7. The number of ether oxygens (including phenoxy) is 1. The van der Waals surface area contributed by atoms with Gasteiger partial charge in [-0.3, -0.25) is 4.79 Å². The first-order chi connectivity index (χ1) is 15.5. The van der Waals surface area contributed by atoms with Gasteiger partial charge >= 0.3 is 6.09 Å². The molecule has 164 valence electrons. The summed E-state index contributed by atoms with van der Waals surface area (Å²) in [6, 6.07) is 22.5. The normalized spacial score (nSPS) is 12.8. The molecule has 3 aromatic rings. The molecule has 0 bridgehead atoms. The monoisotopic (exact) mass is 429 g/mol. The van der Waals surface area contributed by atoms with Crippen molar-refractivity contribution in [1.29, 1.82) is 0 Å². The van der Waals surface area contributed by atoms with Crippen molar-refractivity contribution in [3.63, 3.8) is 0 Å². The molecule has 32 heavy (non-hydrogen) atoms. The SMILES string of the molecule is CN(Cc1ccc(C(=O)Nc2ccccc2N)cc1)C(=O)OCc1ccc(C2CC2)cc1. The third-order valence-corrected chi connectivity index (χ3v) is 5.55. The van der Waals surface area contributed by atoms with Crippen LogP contribution >= 0.6 is 0 Å². The van der Waals surface area contributed by atoms with Gasteiger partial charge in [0.15, 0.2) is 0 Å². The van der Waals surface area contributed by atoms with Gasteiger partial charge in [-0.15, -0.1) is 0 Å². The molecule has 1 aliphatic carbocycles. The van der Waals surface area contributed by atoms with Crippen LogP contribution in [0.3, 0.4) is 0 Å². The smallest absolute Gasteiger partial charge is 0.410 e. The second kappa shape index (κ2) is 9.56. The molecular formula is C26H27N3O3. The Balaban J connectivity index is 1.27. The van der Waals surface area contributed by atoms with Gasteiger partial charge in [0.1, 0.15) is 6.61 Å². The van der Waals surface area contributed by atoms with E-state index in [0.717, 1.165) is 11.1 Å². The Kier molecular flexibility index (Phi) is 6.40. The maximum atomic E-state index is 12.4. The van der Waals surface area contributed by atoms with Gasteiger partial charge in [-0.05, 0) is 59.7 Å². The topological polar surface area (TPSA) is 84.7 Å². The van der Waals surface area contributed by atoms with E-state index >= 15 is 0 Å². The number of carbonyl (C=O) groups is 2. The summed E-state index contributed by atoms with van der Waals surface area (Å²) in [6.07, 6.45) is 2.15. The van der Waals surface area contributed by atoms with Crippen molar-refractivity contribution in [1.82, 2.24) is 4.90 Å². The lowest BCUT2D eigenvalue weighted by molar-refractivity contribution is 0.101. The minimum absolute atomic E-state index is 0.241. The van der Waals surface area contributed by atoms with Gasteiger partial charge in [0.2, 0.25) is 0 Å². The number of rotatable bonds is 7. The van der Waals surface area contributed by atoms with Crippen molar-refractivity contribution in [2.45, 2.75) is 31.9 Å². The summed E-state index contributed by atoms with van der Waals surface area (Å²) in [4.78, 5) is 26.3. The summed E-state index contributed by atoms with van der Waals surface area (Å²) in [5.74, 6) is 0.474. The average molecular weight is 430 g/mol. The van der Waals surface area contributed by atoms with Crippen LogP contribution in [0.1, 0.15) is 45.8 Å². The fourth-order valence-electron chi connectivity index (χ4n) is 3.46. The molecule has 0 atom stereocenters. The molecule has 1 fully saturated rings. The van der Waals surface area contributed by atoms with Gasteiger partial charge in [-0.1, -0.05) is 48.5 Å². The van der Waals surface area contributed by atoms with Gasteiger partial charge in [0.05, 0.1) is 11.4 Å². The Morgan fingerprint density at radius 1 is 0.969 bits per heavy atom. The molecule has 3 N–H and O–H groups in total. The number of amides is 2. The van der Waals surface area contributed by atoms with E-state index in [0.29, 0.717) is 29.4 Å². The molecule has 3 aromatic carbocycles. The van der Waals surface area contributed by atoms with E-state index in [4.69, 9.17) is 10.5 Å².